The number of hydrogen-bond acceptors (Lipinski definition) is 4. The van der Waals surface area contributed by atoms with Crippen LogP contribution in [0.4, 0.5) is 8.78 Å². The normalized spacial score (nSPS) is 11.8. The molecule has 0 bridgehead atoms. The van der Waals surface area contributed by atoms with Gasteiger partial charge in [-0.1, -0.05) is 0 Å². The fourth-order valence-electron chi connectivity index (χ4n) is 2.33. The first-order chi connectivity index (χ1) is 11.9. The summed E-state index contributed by atoms with van der Waals surface area (Å²) in [5.74, 6) is -2.09. The van der Waals surface area contributed by atoms with Crippen molar-refractivity contribution in [2.45, 2.75) is 12.3 Å². The summed E-state index contributed by atoms with van der Waals surface area (Å²) < 4.78 is 54.3. The second-order valence-corrected chi connectivity index (χ2v) is 7.99. The lowest BCUT2D eigenvalue weighted by molar-refractivity contribution is 0.559. The summed E-state index contributed by atoms with van der Waals surface area (Å²) in [7, 11) is -3.70. The van der Waals surface area contributed by atoms with Gasteiger partial charge in [0.1, 0.15) is 11.6 Å². The summed E-state index contributed by atoms with van der Waals surface area (Å²) in [4.78, 5) is 0. The molecule has 9 heteroatoms. The van der Waals surface area contributed by atoms with Crippen molar-refractivity contribution in [1.82, 2.24) is 14.5 Å². The van der Waals surface area contributed by atoms with Crippen LogP contribution in [0.25, 0.3) is 11.3 Å². The van der Waals surface area contributed by atoms with Crippen molar-refractivity contribution in [2.75, 3.05) is 6.54 Å². The molecule has 5 nitrogen and oxygen atoms in total. The van der Waals surface area contributed by atoms with Gasteiger partial charge in [-0.05, 0) is 35.2 Å². The van der Waals surface area contributed by atoms with Crippen LogP contribution >= 0.6 is 11.3 Å². The molecule has 0 atom stereocenters. The van der Waals surface area contributed by atoms with E-state index in [0.29, 0.717) is 12.6 Å². The van der Waals surface area contributed by atoms with Crippen molar-refractivity contribution in [1.29, 1.82) is 0 Å². The maximum atomic E-state index is 13.1. The largest absolute Gasteiger partial charge is 0.271 e. The first-order valence-corrected chi connectivity index (χ1v) is 9.99. The number of hydrogen-bond donors (Lipinski definition) is 1. The van der Waals surface area contributed by atoms with E-state index in [0.717, 1.165) is 23.4 Å². The van der Waals surface area contributed by atoms with Gasteiger partial charge >= 0.3 is 0 Å². The van der Waals surface area contributed by atoms with Gasteiger partial charge in [0.25, 0.3) is 0 Å². The van der Waals surface area contributed by atoms with Gasteiger partial charge in [-0.3, -0.25) is 4.68 Å². The molecule has 0 saturated carbocycles. The van der Waals surface area contributed by atoms with Crippen LogP contribution in [0.5, 0.6) is 0 Å². The van der Waals surface area contributed by atoms with E-state index >= 15 is 0 Å². The van der Waals surface area contributed by atoms with E-state index < -0.39 is 27.4 Å². The average Bonchev–Trinajstić information content (AvgIpc) is 3.15. The number of halogens is 2. The Balaban J connectivity index is 1.55. The van der Waals surface area contributed by atoms with E-state index in [9.17, 15) is 17.2 Å². The Labute approximate surface area is 148 Å². The van der Waals surface area contributed by atoms with Gasteiger partial charge in [-0.25, -0.2) is 21.9 Å². The minimum absolute atomic E-state index is 0.0591. The second kappa shape index (κ2) is 7.42. The number of nitrogens with one attached hydrogen (secondary N) is 1. The summed E-state index contributed by atoms with van der Waals surface area (Å²) in [5.41, 5.74) is 1.89. The Bertz CT molecular complexity index is 933. The van der Waals surface area contributed by atoms with Crippen LogP contribution in [0.15, 0.2) is 47.3 Å². The molecule has 1 aromatic carbocycles. The van der Waals surface area contributed by atoms with Crippen molar-refractivity contribution >= 4 is 21.4 Å². The van der Waals surface area contributed by atoms with E-state index in [2.05, 4.69) is 9.82 Å². The van der Waals surface area contributed by atoms with Crippen LogP contribution in [-0.2, 0) is 22.3 Å². The fraction of sp³-hybridized carbons (Fsp3) is 0.188. The van der Waals surface area contributed by atoms with Gasteiger partial charge < -0.3 is 0 Å². The molecule has 0 radical (unpaired) electrons. The van der Waals surface area contributed by atoms with Crippen molar-refractivity contribution in [2.24, 2.45) is 0 Å². The third-order valence-electron chi connectivity index (χ3n) is 3.40. The number of nitrogens with zero attached hydrogens (tertiary/aromatic N) is 2. The molecule has 25 heavy (non-hydrogen) atoms. The van der Waals surface area contributed by atoms with Crippen LogP contribution in [0.2, 0.25) is 0 Å². The molecule has 1 N–H and O–H groups in total. The maximum absolute atomic E-state index is 13.1. The van der Waals surface area contributed by atoms with Gasteiger partial charge in [-0.2, -0.15) is 16.4 Å². The van der Waals surface area contributed by atoms with Crippen molar-refractivity contribution in [3.05, 3.63) is 64.5 Å². The van der Waals surface area contributed by atoms with Crippen LogP contribution in [0, 0.1) is 11.6 Å². The van der Waals surface area contributed by atoms with Gasteiger partial charge in [0, 0.05) is 29.8 Å². The predicted octanol–water partition coefficient (Wildman–Crippen LogP) is 3.01. The van der Waals surface area contributed by atoms with Crippen molar-refractivity contribution < 1.29 is 17.2 Å². The molecule has 3 rings (SSSR count). The molecular formula is C16H15F2N3O2S2. The van der Waals surface area contributed by atoms with Crippen LogP contribution < -0.4 is 4.72 Å². The molecular weight excluding hydrogens is 368 g/mol. The smallest absolute Gasteiger partial charge is 0.215 e. The number of thiophene rings is 1. The molecule has 0 unspecified atom stereocenters. The van der Waals surface area contributed by atoms with Gasteiger partial charge in [0.2, 0.25) is 10.0 Å². The van der Waals surface area contributed by atoms with Crippen LogP contribution in [0.3, 0.4) is 0 Å². The van der Waals surface area contributed by atoms with Gasteiger partial charge in [-0.15, -0.1) is 0 Å². The summed E-state index contributed by atoms with van der Waals surface area (Å²) >= 11 is 1.57. The van der Waals surface area contributed by atoms with Gasteiger partial charge in [0.15, 0.2) is 0 Å². The third kappa shape index (κ3) is 4.94. The molecule has 0 spiro atoms. The highest BCUT2D eigenvalue weighted by atomic mass is 32.2. The molecule has 0 aliphatic carbocycles. The van der Waals surface area contributed by atoms with Crippen molar-refractivity contribution in [3.8, 4) is 11.3 Å². The van der Waals surface area contributed by atoms with E-state index in [1.165, 1.54) is 0 Å². The molecule has 132 valence electrons. The van der Waals surface area contributed by atoms with Crippen LogP contribution in [-0.4, -0.2) is 24.7 Å². The summed E-state index contributed by atoms with van der Waals surface area (Å²) in [6, 6.07) is 6.52. The summed E-state index contributed by atoms with van der Waals surface area (Å²) in [6.07, 6.45) is 1.77. The molecule has 2 aromatic heterocycles. The number of aromatic nitrogens is 2. The Hall–Kier alpha value is -2.10. The molecule has 0 aliphatic heterocycles. The fourth-order valence-corrected chi connectivity index (χ4v) is 4.09. The lowest BCUT2D eigenvalue weighted by Gasteiger charge is -2.07. The lowest BCUT2D eigenvalue weighted by Crippen LogP contribution is -2.28. The first-order valence-electron chi connectivity index (χ1n) is 7.40. The maximum Gasteiger partial charge on any atom is 0.215 e. The summed E-state index contributed by atoms with van der Waals surface area (Å²) in [6.45, 7) is 0.478. The zero-order valence-electron chi connectivity index (χ0n) is 13.0. The molecule has 0 saturated heterocycles. The number of rotatable bonds is 7. The highest BCUT2D eigenvalue weighted by Crippen LogP contribution is 2.19. The zero-order valence-corrected chi connectivity index (χ0v) is 14.7. The second-order valence-electron chi connectivity index (χ2n) is 5.41. The highest BCUT2D eigenvalue weighted by molar-refractivity contribution is 7.88. The van der Waals surface area contributed by atoms with Crippen molar-refractivity contribution in [3.63, 3.8) is 0 Å². The molecule has 0 fully saturated rings. The minimum atomic E-state index is -3.70. The molecule has 0 aliphatic rings. The van der Waals surface area contributed by atoms with Gasteiger partial charge in [0.05, 0.1) is 18.0 Å². The quantitative estimate of drug-likeness (QED) is 0.682. The highest BCUT2D eigenvalue weighted by Gasteiger charge is 2.13. The standard InChI is InChI=1S/C16H15F2N3O2S2/c17-14-7-12(8-15(18)9-14)11-25(22,23)19-3-5-21-4-1-16(20-21)13-2-6-24-10-13/h1-2,4,6-10,19H,3,5,11H2. The van der Waals surface area contributed by atoms with E-state index in [4.69, 9.17) is 0 Å². The molecule has 0 amide bonds. The predicted molar refractivity (Wildman–Crippen MR) is 92.5 cm³/mol. The lowest BCUT2D eigenvalue weighted by atomic mass is 10.2. The average molecular weight is 383 g/mol. The monoisotopic (exact) mass is 383 g/mol. The zero-order chi connectivity index (χ0) is 17.9. The van der Waals surface area contributed by atoms with E-state index in [1.807, 2.05) is 22.9 Å². The molecule has 3 aromatic rings. The topological polar surface area (TPSA) is 64.0 Å². The third-order valence-corrected chi connectivity index (χ3v) is 5.44. The summed E-state index contributed by atoms with van der Waals surface area (Å²) in [5, 5.41) is 8.30. The minimum Gasteiger partial charge on any atom is -0.271 e. The number of sulfonamides is 1. The molecule has 2 heterocycles. The Morgan fingerprint density at radius 2 is 1.92 bits per heavy atom. The Morgan fingerprint density at radius 3 is 2.60 bits per heavy atom. The van der Waals surface area contributed by atoms with Crippen LogP contribution in [0.1, 0.15) is 5.56 Å². The SMILES string of the molecule is O=S(=O)(Cc1cc(F)cc(F)c1)NCCn1ccc(-c2ccsc2)n1. The van der Waals surface area contributed by atoms with E-state index in [-0.39, 0.29) is 12.1 Å². The number of benzene rings is 1. The van der Waals surface area contributed by atoms with E-state index in [1.54, 1.807) is 22.2 Å². The Kier molecular flexibility index (Phi) is 5.26. The first kappa shape index (κ1) is 17.7. The Morgan fingerprint density at radius 1 is 1.16 bits per heavy atom.